The molecule has 1 aliphatic heterocycles. The molecule has 0 radical (unpaired) electrons. The van der Waals surface area contributed by atoms with Crippen molar-refractivity contribution in [1.82, 2.24) is 10.2 Å². The fourth-order valence-corrected chi connectivity index (χ4v) is 7.08. The van der Waals surface area contributed by atoms with E-state index in [2.05, 4.69) is 5.32 Å². The van der Waals surface area contributed by atoms with Crippen LogP contribution in [0.15, 0.2) is 71.6 Å². The van der Waals surface area contributed by atoms with E-state index in [1.807, 2.05) is 6.92 Å². The van der Waals surface area contributed by atoms with E-state index in [-0.39, 0.29) is 41.4 Å². The lowest BCUT2D eigenvalue weighted by Gasteiger charge is -2.34. The molecule has 234 valence electrons. The van der Waals surface area contributed by atoms with Gasteiger partial charge in [0.1, 0.15) is 31.6 Å². The summed E-state index contributed by atoms with van der Waals surface area (Å²) in [6.07, 6.45) is 4.11. The third-order valence-corrected chi connectivity index (χ3v) is 9.87. The van der Waals surface area contributed by atoms with Gasteiger partial charge in [-0.2, -0.15) is 0 Å². The van der Waals surface area contributed by atoms with Gasteiger partial charge in [0.15, 0.2) is 11.5 Å². The minimum absolute atomic E-state index is 0.0373. The zero-order valence-electron chi connectivity index (χ0n) is 24.4. The van der Waals surface area contributed by atoms with E-state index in [4.69, 9.17) is 21.1 Å². The van der Waals surface area contributed by atoms with Gasteiger partial charge in [0.05, 0.1) is 10.6 Å². The lowest BCUT2D eigenvalue weighted by molar-refractivity contribution is -0.140. The number of nitrogens with one attached hydrogen (secondary N) is 1. The number of anilines is 1. The van der Waals surface area contributed by atoms with E-state index < -0.39 is 34.3 Å². The molecule has 44 heavy (non-hydrogen) atoms. The van der Waals surface area contributed by atoms with Crippen LogP contribution in [0.3, 0.4) is 0 Å². The molecule has 2 amide bonds. The van der Waals surface area contributed by atoms with Gasteiger partial charge in [-0.15, -0.1) is 0 Å². The Morgan fingerprint density at radius 1 is 0.977 bits per heavy atom. The molecule has 1 fully saturated rings. The molecule has 1 saturated carbocycles. The maximum atomic E-state index is 14.2. The van der Waals surface area contributed by atoms with Crippen molar-refractivity contribution >= 4 is 39.1 Å². The second-order valence-corrected chi connectivity index (χ2v) is 13.2. The van der Waals surface area contributed by atoms with E-state index in [9.17, 15) is 22.4 Å². The van der Waals surface area contributed by atoms with E-state index >= 15 is 0 Å². The first-order valence-corrected chi connectivity index (χ1v) is 16.5. The number of carbonyl (C=O) groups excluding carboxylic acids is 2. The number of nitrogens with zero attached hydrogens (tertiary/aromatic N) is 2. The topological polar surface area (TPSA) is 105 Å². The van der Waals surface area contributed by atoms with Crippen molar-refractivity contribution in [2.75, 3.05) is 24.1 Å². The molecule has 2 aliphatic rings. The highest BCUT2D eigenvalue weighted by molar-refractivity contribution is 7.92. The molecule has 1 atom stereocenters. The summed E-state index contributed by atoms with van der Waals surface area (Å²) in [4.78, 5) is 29.0. The van der Waals surface area contributed by atoms with Gasteiger partial charge in [-0.05, 0) is 73.4 Å². The summed E-state index contributed by atoms with van der Waals surface area (Å²) >= 11 is 6.09. The van der Waals surface area contributed by atoms with Crippen molar-refractivity contribution in [1.29, 1.82) is 0 Å². The smallest absolute Gasteiger partial charge is 0.264 e. The van der Waals surface area contributed by atoms with Gasteiger partial charge in [0.2, 0.25) is 11.8 Å². The molecular weight excluding hydrogens is 609 g/mol. The lowest BCUT2D eigenvalue weighted by Crippen LogP contribution is -2.53. The van der Waals surface area contributed by atoms with Crippen LogP contribution in [0.5, 0.6) is 11.5 Å². The van der Waals surface area contributed by atoms with Crippen molar-refractivity contribution in [2.45, 2.75) is 62.6 Å². The summed E-state index contributed by atoms with van der Waals surface area (Å²) in [6, 6.07) is 15.1. The van der Waals surface area contributed by atoms with Crippen molar-refractivity contribution in [3.63, 3.8) is 0 Å². The van der Waals surface area contributed by atoms with E-state index in [1.54, 1.807) is 24.3 Å². The lowest BCUT2D eigenvalue weighted by atomic mass is 10.1. The molecule has 3 aromatic carbocycles. The van der Waals surface area contributed by atoms with Gasteiger partial charge in [0.25, 0.3) is 10.0 Å². The molecule has 5 rings (SSSR count). The van der Waals surface area contributed by atoms with Crippen LogP contribution >= 0.6 is 11.6 Å². The summed E-state index contributed by atoms with van der Waals surface area (Å²) < 4.78 is 54.2. The van der Waals surface area contributed by atoms with Gasteiger partial charge in [-0.1, -0.05) is 43.5 Å². The standard InChI is InChI=1S/C32H35ClFN3O6S/c1-2-28(32(39)35-25-5-3-4-6-25)36(20-22-7-9-23(33)10-8-22)31(38)21-37(26-13-11-24(34)12-14-26)44(40,41)27-15-16-29-30(19-27)43-18-17-42-29/h7-16,19,25,28H,2-6,17-18,20-21H2,1H3,(H,35,39)/t28-/m0/s1. The first kappa shape index (κ1) is 31.6. The maximum Gasteiger partial charge on any atom is 0.264 e. The molecule has 9 nitrogen and oxygen atoms in total. The summed E-state index contributed by atoms with van der Waals surface area (Å²) in [5, 5.41) is 3.60. The number of halogens is 2. The molecular formula is C32H35ClFN3O6S. The van der Waals surface area contributed by atoms with Crippen LogP contribution in [0.2, 0.25) is 5.02 Å². The number of ether oxygens (including phenoxy) is 2. The van der Waals surface area contributed by atoms with E-state index in [1.165, 1.54) is 35.2 Å². The third-order valence-electron chi connectivity index (χ3n) is 7.85. The SMILES string of the molecule is CC[C@@H](C(=O)NC1CCCC1)N(Cc1ccc(Cl)cc1)C(=O)CN(c1ccc(F)cc1)S(=O)(=O)c1ccc2c(c1)OCCO2. The molecule has 3 aromatic rings. The van der Waals surface area contributed by atoms with Crippen LogP contribution in [0, 0.1) is 5.82 Å². The van der Waals surface area contributed by atoms with Gasteiger partial charge >= 0.3 is 0 Å². The number of sulfonamides is 1. The van der Waals surface area contributed by atoms with Gasteiger partial charge in [-0.3, -0.25) is 13.9 Å². The number of benzene rings is 3. The van der Waals surface area contributed by atoms with Crippen molar-refractivity contribution in [3.8, 4) is 11.5 Å². The number of fused-ring (bicyclic) bond motifs is 1. The maximum absolute atomic E-state index is 14.2. The Labute approximate surface area is 261 Å². The zero-order chi connectivity index (χ0) is 31.3. The first-order chi connectivity index (χ1) is 21.2. The second-order valence-electron chi connectivity index (χ2n) is 10.9. The van der Waals surface area contributed by atoms with Crippen LogP contribution < -0.4 is 19.1 Å². The van der Waals surface area contributed by atoms with Crippen LogP contribution in [-0.2, 0) is 26.2 Å². The molecule has 1 aliphatic carbocycles. The molecule has 1 heterocycles. The molecule has 12 heteroatoms. The molecule has 0 unspecified atom stereocenters. The van der Waals surface area contributed by atoms with Crippen LogP contribution in [0.25, 0.3) is 0 Å². The predicted molar refractivity (Wildman–Crippen MR) is 165 cm³/mol. The molecule has 0 spiro atoms. The fraction of sp³-hybridized carbons (Fsp3) is 0.375. The summed E-state index contributed by atoms with van der Waals surface area (Å²) in [7, 11) is -4.37. The van der Waals surface area contributed by atoms with Gasteiger partial charge in [-0.25, -0.2) is 12.8 Å². The Kier molecular flexibility index (Phi) is 9.95. The largest absolute Gasteiger partial charge is 0.486 e. The van der Waals surface area contributed by atoms with Gasteiger partial charge in [0, 0.05) is 23.7 Å². The summed E-state index contributed by atoms with van der Waals surface area (Å²) in [6.45, 7) is 1.82. The minimum atomic E-state index is -4.37. The van der Waals surface area contributed by atoms with E-state index in [0.717, 1.165) is 47.7 Å². The van der Waals surface area contributed by atoms with E-state index in [0.29, 0.717) is 23.8 Å². The average Bonchev–Trinajstić information content (AvgIpc) is 3.54. The number of hydrogen-bond acceptors (Lipinski definition) is 6. The van der Waals surface area contributed by atoms with Crippen molar-refractivity contribution in [3.05, 3.63) is 83.1 Å². The Hall–Kier alpha value is -3.83. The average molecular weight is 644 g/mol. The van der Waals surface area contributed by atoms with Crippen LogP contribution in [-0.4, -0.2) is 57.0 Å². The predicted octanol–water partition coefficient (Wildman–Crippen LogP) is 5.31. The highest BCUT2D eigenvalue weighted by Crippen LogP contribution is 2.34. The molecule has 0 bridgehead atoms. The Morgan fingerprint density at radius 2 is 1.64 bits per heavy atom. The highest BCUT2D eigenvalue weighted by Gasteiger charge is 2.35. The summed E-state index contributed by atoms with van der Waals surface area (Å²) in [5.74, 6) is -0.770. The Bertz CT molecular complexity index is 1580. The Morgan fingerprint density at radius 3 is 2.30 bits per heavy atom. The highest BCUT2D eigenvalue weighted by atomic mass is 35.5. The summed E-state index contributed by atoms with van der Waals surface area (Å²) in [5.41, 5.74) is 0.808. The number of amides is 2. The van der Waals surface area contributed by atoms with Crippen molar-refractivity contribution in [2.24, 2.45) is 0 Å². The second kappa shape index (κ2) is 13.9. The minimum Gasteiger partial charge on any atom is -0.486 e. The molecule has 0 aromatic heterocycles. The molecule has 0 saturated heterocycles. The number of rotatable bonds is 11. The van der Waals surface area contributed by atoms with Crippen LogP contribution in [0.4, 0.5) is 10.1 Å². The van der Waals surface area contributed by atoms with Crippen LogP contribution in [0.1, 0.15) is 44.6 Å². The third kappa shape index (κ3) is 7.27. The van der Waals surface area contributed by atoms with Gasteiger partial charge < -0.3 is 19.7 Å². The quantitative estimate of drug-likeness (QED) is 0.304. The fourth-order valence-electron chi connectivity index (χ4n) is 5.52. The molecule has 1 N–H and O–H groups in total. The number of hydrogen-bond donors (Lipinski definition) is 1. The Balaban J connectivity index is 1.50. The van der Waals surface area contributed by atoms with Crippen molar-refractivity contribution < 1.29 is 31.9 Å². The zero-order valence-corrected chi connectivity index (χ0v) is 26.0. The monoisotopic (exact) mass is 643 g/mol. The first-order valence-electron chi connectivity index (χ1n) is 14.7. The number of carbonyl (C=O) groups is 2. The normalized spacial score (nSPS) is 15.4.